The van der Waals surface area contributed by atoms with Gasteiger partial charge in [-0.2, -0.15) is 0 Å². The minimum Gasteiger partial charge on any atom is -0.490 e. The van der Waals surface area contributed by atoms with E-state index < -0.39 is 0 Å². The van der Waals surface area contributed by atoms with Crippen LogP contribution in [-0.2, 0) is 0 Å². The second kappa shape index (κ2) is 4.31. The Balaban J connectivity index is 2.57. The predicted molar refractivity (Wildman–Crippen MR) is 49.6 cm³/mol. The van der Waals surface area contributed by atoms with E-state index in [1.165, 1.54) is 0 Å². The van der Waals surface area contributed by atoms with Crippen molar-refractivity contribution >= 4 is 11.6 Å². The van der Waals surface area contributed by atoms with Crippen LogP contribution < -0.4 is 4.74 Å². The molecule has 0 unspecified atom stereocenters. The molecule has 0 spiro atoms. The predicted octanol–water partition coefficient (Wildman–Crippen LogP) is 2.77. The molecule has 1 heterocycles. The molecule has 0 aliphatic carbocycles. The molecule has 0 radical (unpaired) electrons. The number of rotatable bonds is 3. The first-order valence-corrected chi connectivity index (χ1v) is 4.30. The Bertz CT molecular complexity index is 250. The SMILES string of the molecule is CC(C)COc1cnccc1Cl. The topological polar surface area (TPSA) is 22.1 Å². The first-order chi connectivity index (χ1) is 5.70. The minimum absolute atomic E-state index is 0.501. The molecule has 0 aromatic carbocycles. The van der Waals surface area contributed by atoms with Gasteiger partial charge in [-0.25, -0.2) is 0 Å². The number of halogens is 1. The monoisotopic (exact) mass is 185 g/mol. The molecule has 3 heteroatoms. The van der Waals surface area contributed by atoms with E-state index in [0.717, 1.165) is 0 Å². The molecule has 12 heavy (non-hydrogen) atoms. The maximum atomic E-state index is 5.84. The van der Waals surface area contributed by atoms with Crippen molar-refractivity contribution in [2.24, 2.45) is 5.92 Å². The molecule has 0 saturated carbocycles. The van der Waals surface area contributed by atoms with E-state index >= 15 is 0 Å². The molecule has 1 rings (SSSR count). The summed E-state index contributed by atoms with van der Waals surface area (Å²) in [6.45, 7) is 4.85. The van der Waals surface area contributed by atoms with Crippen LogP contribution in [0.4, 0.5) is 0 Å². The fourth-order valence-electron chi connectivity index (χ4n) is 0.726. The lowest BCUT2D eigenvalue weighted by molar-refractivity contribution is 0.270. The number of pyridine rings is 1. The third-order valence-electron chi connectivity index (χ3n) is 1.31. The second-order valence-electron chi connectivity index (χ2n) is 3.01. The van der Waals surface area contributed by atoms with Gasteiger partial charge < -0.3 is 4.74 Å². The fourth-order valence-corrected chi connectivity index (χ4v) is 0.885. The summed E-state index contributed by atoms with van der Waals surface area (Å²) in [5.41, 5.74) is 0. The summed E-state index contributed by atoms with van der Waals surface area (Å²) < 4.78 is 5.40. The lowest BCUT2D eigenvalue weighted by Gasteiger charge is -2.08. The summed E-state index contributed by atoms with van der Waals surface area (Å²) in [5.74, 6) is 1.16. The van der Waals surface area contributed by atoms with Gasteiger partial charge in [-0.3, -0.25) is 4.98 Å². The first-order valence-electron chi connectivity index (χ1n) is 3.92. The van der Waals surface area contributed by atoms with Gasteiger partial charge >= 0.3 is 0 Å². The van der Waals surface area contributed by atoms with Gasteiger partial charge in [0.15, 0.2) is 5.75 Å². The van der Waals surface area contributed by atoms with Crippen molar-refractivity contribution in [1.29, 1.82) is 0 Å². The van der Waals surface area contributed by atoms with Crippen LogP contribution in [0.5, 0.6) is 5.75 Å². The van der Waals surface area contributed by atoms with Crippen LogP contribution in [0.15, 0.2) is 18.5 Å². The van der Waals surface area contributed by atoms with Crippen LogP contribution >= 0.6 is 11.6 Å². The molecule has 0 N–H and O–H groups in total. The molecular formula is C9H12ClNO. The van der Waals surface area contributed by atoms with Crippen molar-refractivity contribution in [2.45, 2.75) is 13.8 Å². The molecular weight excluding hydrogens is 174 g/mol. The number of nitrogens with zero attached hydrogens (tertiary/aromatic N) is 1. The third-order valence-corrected chi connectivity index (χ3v) is 1.62. The van der Waals surface area contributed by atoms with E-state index in [-0.39, 0.29) is 0 Å². The summed E-state index contributed by atoms with van der Waals surface area (Å²) in [6.07, 6.45) is 3.27. The molecule has 2 nitrogen and oxygen atoms in total. The van der Waals surface area contributed by atoms with Crippen LogP contribution in [0.1, 0.15) is 13.8 Å². The Labute approximate surface area is 77.5 Å². The van der Waals surface area contributed by atoms with Gasteiger partial charge in [0.2, 0.25) is 0 Å². The minimum atomic E-state index is 0.501. The van der Waals surface area contributed by atoms with Crippen molar-refractivity contribution < 1.29 is 4.74 Å². The quantitative estimate of drug-likeness (QED) is 0.723. The zero-order valence-corrected chi connectivity index (χ0v) is 8.01. The summed E-state index contributed by atoms with van der Waals surface area (Å²) in [6, 6.07) is 1.72. The van der Waals surface area contributed by atoms with Crippen molar-refractivity contribution in [2.75, 3.05) is 6.61 Å². The molecule has 66 valence electrons. The molecule has 1 aromatic heterocycles. The molecule has 0 aliphatic heterocycles. The summed E-state index contributed by atoms with van der Waals surface area (Å²) in [5, 5.41) is 0.616. The highest BCUT2D eigenvalue weighted by Gasteiger charge is 2.01. The van der Waals surface area contributed by atoms with Crippen molar-refractivity contribution in [3.05, 3.63) is 23.5 Å². The zero-order valence-electron chi connectivity index (χ0n) is 7.25. The molecule has 0 atom stereocenters. The maximum absolute atomic E-state index is 5.84. The van der Waals surface area contributed by atoms with Gasteiger partial charge in [-0.1, -0.05) is 25.4 Å². The van der Waals surface area contributed by atoms with Crippen LogP contribution in [0.25, 0.3) is 0 Å². The Hall–Kier alpha value is -0.760. The molecule has 0 aliphatic rings. The fraction of sp³-hybridized carbons (Fsp3) is 0.444. The van der Waals surface area contributed by atoms with Gasteiger partial charge in [0.1, 0.15) is 0 Å². The van der Waals surface area contributed by atoms with Crippen LogP contribution in [0, 0.1) is 5.92 Å². The molecule has 0 saturated heterocycles. The van der Waals surface area contributed by atoms with E-state index in [0.29, 0.717) is 23.3 Å². The highest BCUT2D eigenvalue weighted by molar-refractivity contribution is 6.31. The van der Waals surface area contributed by atoms with Gasteiger partial charge in [-0.15, -0.1) is 0 Å². The maximum Gasteiger partial charge on any atom is 0.156 e. The Morgan fingerprint density at radius 3 is 2.92 bits per heavy atom. The average molecular weight is 186 g/mol. The van der Waals surface area contributed by atoms with Gasteiger partial charge in [0, 0.05) is 6.20 Å². The highest BCUT2D eigenvalue weighted by Crippen LogP contribution is 2.22. The van der Waals surface area contributed by atoms with E-state index in [2.05, 4.69) is 18.8 Å². The van der Waals surface area contributed by atoms with Crippen molar-refractivity contribution in [1.82, 2.24) is 4.98 Å². The van der Waals surface area contributed by atoms with Gasteiger partial charge in [0.25, 0.3) is 0 Å². The summed E-state index contributed by atoms with van der Waals surface area (Å²) in [7, 11) is 0. The number of hydrogen-bond donors (Lipinski definition) is 0. The smallest absolute Gasteiger partial charge is 0.156 e. The standard InChI is InChI=1S/C9H12ClNO/c1-7(2)6-12-9-5-11-4-3-8(9)10/h3-5,7H,6H2,1-2H3. The van der Waals surface area contributed by atoms with E-state index in [1.807, 2.05) is 0 Å². The Morgan fingerprint density at radius 2 is 2.33 bits per heavy atom. The van der Waals surface area contributed by atoms with Crippen molar-refractivity contribution in [3.8, 4) is 5.75 Å². The lowest BCUT2D eigenvalue weighted by atomic mass is 10.2. The molecule has 0 amide bonds. The summed E-state index contributed by atoms with van der Waals surface area (Å²) >= 11 is 5.84. The largest absolute Gasteiger partial charge is 0.490 e. The van der Waals surface area contributed by atoms with Crippen LogP contribution in [0.2, 0.25) is 5.02 Å². The van der Waals surface area contributed by atoms with Gasteiger partial charge in [-0.05, 0) is 12.0 Å². The molecule has 1 aromatic rings. The number of hydrogen-bond acceptors (Lipinski definition) is 2. The Morgan fingerprint density at radius 1 is 1.58 bits per heavy atom. The van der Waals surface area contributed by atoms with Crippen LogP contribution in [-0.4, -0.2) is 11.6 Å². The van der Waals surface area contributed by atoms with Crippen molar-refractivity contribution in [3.63, 3.8) is 0 Å². The van der Waals surface area contributed by atoms with Crippen LogP contribution in [0.3, 0.4) is 0 Å². The number of aromatic nitrogens is 1. The highest BCUT2D eigenvalue weighted by atomic mass is 35.5. The second-order valence-corrected chi connectivity index (χ2v) is 3.42. The molecule has 0 fully saturated rings. The van der Waals surface area contributed by atoms with Gasteiger partial charge in [0.05, 0.1) is 17.8 Å². The van der Waals surface area contributed by atoms with E-state index in [9.17, 15) is 0 Å². The third kappa shape index (κ3) is 2.70. The summed E-state index contributed by atoms with van der Waals surface area (Å²) in [4.78, 5) is 3.91. The first kappa shape index (κ1) is 9.33. The lowest BCUT2D eigenvalue weighted by Crippen LogP contribution is -2.04. The Kier molecular flexibility index (Phi) is 3.35. The van der Waals surface area contributed by atoms with E-state index in [4.69, 9.17) is 16.3 Å². The normalized spacial score (nSPS) is 10.3. The molecule has 0 bridgehead atoms. The zero-order chi connectivity index (χ0) is 8.97. The average Bonchev–Trinajstić information content (AvgIpc) is 2.03. The van der Waals surface area contributed by atoms with E-state index in [1.54, 1.807) is 18.5 Å². The number of ether oxygens (including phenoxy) is 1.